The normalized spacial score (nSPS) is 34.1. The van der Waals surface area contributed by atoms with E-state index in [1.165, 1.54) is 4.31 Å². The molecule has 104 valence electrons. The molecule has 5 nitrogen and oxygen atoms in total. The minimum absolute atomic E-state index is 0.193. The number of aliphatic hydroxyl groups excluding tert-OH is 1. The number of nitrogens with one attached hydrogen (secondary N) is 1. The molecule has 2 saturated heterocycles. The molecule has 0 amide bonds. The van der Waals surface area contributed by atoms with Crippen LogP contribution in [0.1, 0.15) is 12.0 Å². The van der Waals surface area contributed by atoms with Gasteiger partial charge in [-0.1, -0.05) is 30.3 Å². The minimum Gasteiger partial charge on any atom is -0.390 e. The molecule has 1 spiro atoms. The maximum atomic E-state index is 12.7. The van der Waals surface area contributed by atoms with Gasteiger partial charge in [0.25, 0.3) is 0 Å². The van der Waals surface area contributed by atoms with E-state index in [1.807, 2.05) is 30.3 Å². The van der Waals surface area contributed by atoms with Gasteiger partial charge in [0.05, 0.1) is 6.10 Å². The number of rotatable bonds is 2. The Morgan fingerprint density at radius 1 is 1.37 bits per heavy atom. The Morgan fingerprint density at radius 3 is 2.74 bits per heavy atom. The van der Waals surface area contributed by atoms with E-state index in [1.54, 1.807) is 0 Å². The number of nitrogens with zero attached hydrogens (tertiary/aromatic N) is 1. The lowest BCUT2D eigenvalue weighted by molar-refractivity contribution is 0.132. The van der Waals surface area contributed by atoms with Crippen molar-refractivity contribution in [3.8, 4) is 0 Å². The monoisotopic (exact) mass is 282 g/mol. The van der Waals surface area contributed by atoms with Crippen LogP contribution in [0.5, 0.6) is 0 Å². The van der Waals surface area contributed by atoms with Crippen molar-refractivity contribution in [3.63, 3.8) is 0 Å². The molecule has 6 heteroatoms. The second-order valence-electron chi connectivity index (χ2n) is 5.29. The first-order valence-electron chi connectivity index (χ1n) is 6.49. The van der Waals surface area contributed by atoms with E-state index >= 15 is 0 Å². The van der Waals surface area contributed by atoms with Gasteiger partial charge in [0.2, 0.25) is 10.0 Å². The van der Waals surface area contributed by atoms with Crippen molar-refractivity contribution < 1.29 is 13.5 Å². The molecule has 2 N–H and O–H groups in total. The molecular weight excluding hydrogens is 264 g/mol. The highest BCUT2D eigenvalue weighted by atomic mass is 32.2. The number of hydrogen-bond acceptors (Lipinski definition) is 4. The standard InChI is InChI=1S/C13H18N2O3S/c16-12-9-15(8-11-4-2-1-3-5-11)19(17,18)13(12)6-7-14-10-13/h1-5,12,14,16H,6-10H2/t12-,13+/m0/s1. The van der Waals surface area contributed by atoms with Crippen LogP contribution in [-0.2, 0) is 16.6 Å². The van der Waals surface area contributed by atoms with E-state index in [2.05, 4.69) is 5.32 Å². The zero-order chi connectivity index (χ0) is 13.5. The smallest absolute Gasteiger partial charge is 0.224 e. The summed E-state index contributed by atoms with van der Waals surface area (Å²) >= 11 is 0. The van der Waals surface area contributed by atoms with Crippen molar-refractivity contribution in [2.45, 2.75) is 23.8 Å². The Morgan fingerprint density at radius 2 is 2.11 bits per heavy atom. The largest absolute Gasteiger partial charge is 0.390 e. The van der Waals surface area contributed by atoms with Crippen LogP contribution in [0.4, 0.5) is 0 Å². The molecule has 0 aliphatic carbocycles. The van der Waals surface area contributed by atoms with Crippen LogP contribution in [0.3, 0.4) is 0 Å². The molecular formula is C13H18N2O3S. The van der Waals surface area contributed by atoms with E-state index in [4.69, 9.17) is 0 Å². The van der Waals surface area contributed by atoms with Crippen LogP contribution in [0.2, 0.25) is 0 Å². The molecule has 0 radical (unpaired) electrons. The molecule has 0 bridgehead atoms. The van der Waals surface area contributed by atoms with Crippen molar-refractivity contribution in [1.29, 1.82) is 0 Å². The van der Waals surface area contributed by atoms with Crippen LogP contribution in [0.25, 0.3) is 0 Å². The number of aliphatic hydroxyl groups is 1. The predicted octanol–water partition coefficient (Wildman–Crippen LogP) is -0.0750. The summed E-state index contributed by atoms with van der Waals surface area (Å²) in [5.74, 6) is 0. The van der Waals surface area contributed by atoms with E-state index in [0.717, 1.165) is 5.56 Å². The average Bonchev–Trinajstić information content (AvgIpc) is 2.95. The Balaban J connectivity index is 1.89. The molecule has 0 aromatic heterocycles. The molecule has 2 fully saturated rings. The highest BCUT2D eigenvalue weighted by Gasteiger charge is 2.59. The predicted molar refractivity (Wildman–Crippen MR) is 72.0 cm³/mol. The van der Waals surface area contributed by atoms with Crippen LogP contribution >= 0.6 is 0 Å². The third-order valence-electron chi connectivity index (χ3n) is 4.19. The molecule has 2 heterocycles. The lowest BCUT2D eigenvalue weighted by Gasteiger charge is -2.25. The fourth-order valence-electron chi connectivity index (χ4n) is 3.02. The van der Waals surface area contributed by atoms with Gasteiger partial charge in [-0.2, -0.15) is 4.31 Å². The van der Waals surface area contributed by atoms with Crippen LogP contribution in [-0.4, -0.2) is 48.3 Å². The minimum atomic E-state index is -3.45. The lowest BCUT2D eigenvalue weighted by Crippen LogP contribution is -2.47. The second-order valence-corrected chi connectivity index (χ2v) is 7.57. The fourth-order valence-corrected chi connectivity index (χ4v) is 5.25. The summed E-state index contributed by atoms with van der Waals surface area (Å²) < 4.78 is 25.7. The fraction of sp³-hybridized carbons (Fsp3) is 0.538. The third kappa shape index (κ3) is 1.90. The highest BCUT2D eigenvalue weighted by molar-refractivity contribution is 7.90. The first-order valence-corrected chi connectivity index (χ1v) is 7.93. The van der Waals surface area contributed by atoms with Crippen molar-refractivity contribution in [2.75, 3.05) is 19.6 Å². The molecule has 1 aromatic carbocycles. The van der Waals surface area contributed by atoms with Crippen LogP contribution in [0.15, 0.2) is 30.3 Å². The van der Waals surface area contributed by atoms with E-state index in [9.17, 15) is 13.5 Å². The second kappa shape index (κ2) is 4.56. The number of hydrogen-bond donors (Lipinski definition) is 2. The Bertz CT molecular complexity index is 553. The van der Waals surface area contributed by atoms with Crippen molar-refractivity contribution in [2.24, 2.45) is 0 Å². The van der Waals surface area contributed by atoms with Gasteiger partial charge in [-0.3, -0.25) is 0 Å². The van der Waals surface area contributed by atoms with Gasteiger partial charge in [-0.15, -0.1) is 0 Å². The van der Waals surface area contributed by atoms with Gasteiger partial charge in [-0.25, -0.2) is 8.42 Å². The quantitative estimate of drug-likeness (QED) is 0.796. The van der Waals surface area contributed by atoms with E-state index in [-0.39, 0.29) is 6.54 Å². The van der Waals surface area contributed by atoms with Gasteiger partial charge in [0.1, 0.15) is 4.75 Å². The van der Waals surface area contributed by atoms with Gasteiger partial charge in [-0.05, 0) is 18.5 Å². The third-order valence-corrected chi connectivity index (χ3v) is 6.79. The molecule has 2 aliphatic heterocycles. The summed E-state index contributed by atoms with van der Waals surface area (Å²) in [6, 6.07) is 9.49. The van der Waals surface area contributed by atoms with Crippen LogP contribution in [0, 0.1) is 0 Å². The first-order chi connectivity index (χ1) is 9.06. The molecule has 0 saturated carbocycles. The van der Waals surface area contributed by atoms with E-state index in [0.29, 0.717) is 26.1 Å². The van der Waals surface area contributed by atoms with Crippen molar-refractivity contribution in [3.05, 3.63) is 35.9 Å². The molecule has 3 rings (SSSR count). The number of sulfonamides is 1. The van der Waals surface area contributed by atoms with Crippen molar-refractivity contribution in [1.82, 2.24) is 9.62 Å². The summed E-state index contributed by atoms with van der Waals surface area (Å²) in [5, 5.41) is 13.3. The molecule has 2 atom stereocenters. The Kier molecular flexibility index (Phi) is 3.13. The van der Waals surface area contributed by atoms with Gasteiger partial charge in [0.15, 0.2) is 0 Å². The topological polar surface area (TPSA) is 69.6 Å². The first kappa shape index (κ1) is 13.1. The number of β-amino-alcohol motifs (C(OH)–C–C–N with tert-alkyl or cyclic N) is 1. The summed E-state index contributed by atoms with van der Waals surface area (Å²) in [4.78, 5) is 0. The summed E-state index contributed by atoms with van der Waals surface area (Å²) in [5.41, 5.74) is 0.946. The summed E-state index contributed by atoms with van der Waals surface area (Å²) in [6.45, 7) is 1.53. The molecule has 19 heavy (non-hydrogen) atoms. The Hall–Kier alpha value is -0.950. The van der Waals surface area contributed by atoms with Gasteiger partial charge < -0.3 is 10.4 Å². The highest BCUT2D eigenvalue weighted by Crippen LogP contribution is 2.38. The maximum absolute atomic E-state index is 12.7. The SMILES string of the molecule is O=S1(=O)N(Cc2ccccc2)C[C@H](O)[C@]12CCNC2. The van der Waals surface area contributed by atoms with Crippen LogP contribution < -0.4 is 5.32 Å². The van der Waals surface area contributed by atoms with E-state index < -0.39 is 20.9 Å². The summed E-state index contributed by atoms with van der Waals surface area (Å²) in [7, 11) is -3.45. The molecule has 2 aliphatic rings. The summed E-state index contributed by atoms with van der Waals surface area (Å²) in [6.07, 6.45) is -0.321. The maximum Gasteiger partial charge on any atom is 0.224 e. The Labute approximate surface area is 113 Å². The van der Waals surface area contributed by atoms with Gasteiger partial charge in [0, 0.05) is 19.6 Å². The molecule has 0 unspecified atom stereocenters. The zero-order valence-electron chi connectivity index (χ0n) is 10.6. The lowest BCUT2D eigenvalue weighted by atomic mass is 10.0. The average molecular weight is 282 g/mol. The van der Waals surface area contributed by atoms with Gasteiger partial charge >= 0.3 is 0 Å². The molecule has 1 aromatic rings. The number of benzene rings is 1. The zero-order valence-corrected chi connectivity index (χ0v) is 11.4. The van der Waals surface area contributed by atoms with Crippen molar-refractivity contribution >= 4 is 10.0 Å².